The van der Waals surface area contributed by atoms with Crippen LogP contribution in [0.3, 0.4) is 0 Å². The third-order valence-corrected chi connectivity index (χ3v) is 4.00. The molecule has 0 aliphatic rings. The van der Waals surface area contributed by atoms with Gasteiger partial charge in [-0.05, 0) is 46.1 Å². The Balaban J connectivity index is 2.63. The van der Waals surface area contributed by atoms with E-state index in [1.165, 1.54) is 18.5 Å². The Hall–Kier alpha value is -0.540. The lowest BCUT2D eigenvalue weighted by Gasteiger charge is -2.13. The summed E-state index contributed by atoms with van der Waals surface area (Å²) >= 11 is 6.39. The molecule has 0 saturated heterocycles. The number of rotatable bonds is 8. The summed E-state index contributed by atoms with van der Waals surface area (Å²) in [7, 11) is 2.03. The zero-order chi connectivity index (χ0) is 13.5. The maximum absolute atomic E-state index is 6.39. The van der Waals surface area contributed by atoms with Crippen LogP contribution >= 0.6 is 11.6 Å². The molecule has 4 heteroatoms. The van der Waals surface area contributed by atoms with Gasteiger partial charge in [-0.1, -0.05) is 25.4 Å². The summed E-state index contributed by atoms with van der Waals surface area (Å²) < 4.78 is 2.06. The zero-order valence-electron chi connectivity index (χ0n) is 12.1. The fourth-order valence-electron chi connectivity index (χ4n) is 2.32. The summed E-state index contributed by atoms with van der Waals surface area (Å²) in [5.74, 6) is 0. The van der Waals surface area contributed by atoms with Crippen LogP contribution in [0.15, 0.2) is 0 Å². The van der Waals surface area contributed by atoms with Gasteiger partial charge in [0.25, 0.3) is 0 Å². The van der Waals surface area contributed by atoms with Gasteiger partial charge in [-0.25, -0.2) is 0 Å². The summed E-state index contributed by atoms with van der Waals surface area (Å²) in [5, 5.41) is 8.78. The molecule has 18 heavy (non-hydrogen) atoms. The normalized spacial score (nSPS) is 12.9. The number of aromatic nitrogens is 2. The summed E-state index contributed by atoms with van der Waals surface area (Å²) in [6.45, 7) is 7.35. The first-order valence-electron chi connectivity index (χ1n) is 7.09. The van der Waals surface area contributed by atoms with E-state index in [1.54, 1.807) is 0 Å². The van der Waals surface area contributed by atoms with E-state index in [0.717, 1.165) is 36.5 Å². The largest absolute Gasteiger partial charge is 0.317 e. The van der Waals surface area contributed by atoms with Crippen molar-refractivity contribution in [2.45, 2.75) is 65.5 Å². The molecule has 0 amide bonds. The molecule has 0 saturated carbocycles. The first-order valence-corrected chi connectivity index (χ1v) is 7.46. The molecule has 3 nitrogen and oxygen atoms in total. The average molecular weight is 272 g/mol. The van der Waals surface area contributed by atoms with E-state index in [-0.39, 0.29) is 0 Å². The lowest BCUT2D eigenvalue weighted by atomic mass is 10.1. The van der Waals surface area contributed by atoms with Gasteiger partial charge >= 0.3 is 0 Å². The Morgan fingerprint density at radius 3 is 2.56 bits per heavy atom. The lowest BCUT2D eigenvalue weighted by molar-refractivity contribution is 0.484. The second kappa shape index (κ2) is 7.80. The highest BCUT2D eigenvalue weighted by molar-refractivity contribution is 6.31. The van der Waals surface area contributed by atoms with E-state index >= 15 is 0 Å². The highest BCUT2D eigenvalue weighted by Gasteiger charge is 2.14. The Morgan fingerprint density at radius 1 is 1.33 bits per heavy atom. The van der Waals surface area contributed by atoms with Gasteiger partial charge in [-0.2, -0.15) is 5.10 Å². The highest BCUT2D eigenvalue weighted by atomic mass is 35.5. The summed E-state index contributed by atoms with van der Waals surface area (Å²) in [5.41, 5.74) is 2.25. The molecule has 0 aliphatic heterocycles. The fourth-order valence-corrected chi connectivity index (χ4v) is 2.69. The first-order chi connectivity index (χ1) is 8.67. The van der Waals surface area contributed by atoms with Crippen molar-refractivity contribution in [3.63, 3.8) is 0 Å². The smallest absolute Gasteiger partial charge is 0.0849 e. The molecular weight excluding hydrogens is 246 g/mol. The molecule has 0 spiro atoms. The number of hydrogen-bond donors (Lipinski definition) is 1. The SMILES string of the molecule is CCc1nn(CC)c(CCCC(CC)NC)c1Cl. The van der Waals surface area contributed by atoms with Crippen LogP contribution in [0.4, 0.5) is 0 Å². The topological polar surface area (TPSA) is 29.9 Å². The van der Waals surface area contributed by atoms with Crippen molar-refractivity contribution in [3.8, 4) is 0 Å². The first kappa shape index (κ1) is 15.5. The average Bonchev–Trinajstić information content (AvgIpc) is 2.71. The molecule has 1 atom stereocenters. The molecule has 1 unspecified atom stereocenters. The number of nitrogens with zero attached hydrogens (tertiary/aromatic N) is 2. The van der Waals surface area contributed by atoms with E-state index < -0.39 is 0 Å². The van der Waals surface area contributed by atoms with Gasteiger partial charge in [0.05, 0.1) is 16.4 Å². The van der Waals surface area contributed by atoms with Crippen molar-refractivity contribution in [2.24, 2.45) is 0 Å². The van der Waals surface area contributed by atoms with Gasteiger partial charge in [0, 0.05) is 12.6 Å². The minimum Gasteiger partial charge on any atom is -0.317 e. The maximum atomic E-state index is 6.39. The molecule has 1 heterocycles. The van der Waals surface area contributed by atoms with Crippen molar-refractivity contribution in [1.82, 2.24) is 15.1 Å². The van der Waals surface area contributed by atoms with E-state index in [4.69, 9.17) is 11.6 Å². The van der Waals surface area contributed by atoms with Crippen molar-refractivity contribution >= 4 is 11.6 Å². The van der Waals surface area contributed by atoms with Crippen LogP contribution in [0, 0.1) is 0 Å². The molecule has 1 rings (SSSR count). The minimum absolute atomic E-state index is 0.618. The summed E-state index contributed by atoms with van der Waals surface area (Å²) in [6, 6.07) is 0.618. The predicted molar refractivity (Wildman–Crippen MR) is 78.4 cm³/mol. The maximum Gasteiger partial charge on any atom is 0.0849 e. The van der Waals surface area contributed by atoms with Crippen LogP contribution in [-0.2, 0) is 19.4 Å². The van der Waals surface area contributed by atoms with Crippen molar-refractivity contribution < 1.29 is 0 Å². The van der Waals surface area contributed by atoms with Crippen LogP contribution < -0.4 is 5.32 Å². The van der Waals surface area contributed by atoms with E-state index in [2.05, 4.69) is 35.9 Å². The van der Waals surface area contributed by atoms with Crippen LogP contribution in [0.5, 0.6) is 0 Å². The highest BCUT2D eigenvalue weighted by Crippen LogP contribution is 2.23. The quantitative estimate of drug-likeness (QED) is 0.785. The predicted octanol–water partition coefficient (Wildman–Crippen LogP) is 3.44. The van der Waals surface area contributed by atoms with Gasteiger partial charge in [0.15, 0.2) is 0 Å². The van der Waals surface area contributed by atoms with E-state index in [9.17, 15) is 0 Å². The second-order valence-electron chi connectivity index (χ2n) is 4.66. The molecule has 0 aliphatic carbocycles. The van der Waals surface area contributed by atoms with Gasteiger partial charge in [-0.15, -0.1) is 0 Å². The van der Waals surface area contributed by atoms with Crippen LogP contribution in [0.1, 0.15) is 51.4 Å². The minimum atomic E-state index is 0.618. The van der Waals surface area contributed by atoms with Crippen LogP contribution in [-0.4, -0.2) is 22.9 Å². The van der Waals surface area contributed by atoms with Crippen LogP contribution in [0.2, 0.25) is 5.02 Å². The van der Waals surface area contributed by atoms with E-state index in [1.807, 2.05) is 7.05 Å². The molecule has 0 radical (unpaired) electrons. The van der Waals surface area contributed by atoms with Gasteiger partial charge in [0.1, 0.15) is 0 Å². The van der Waals surface area contributed by atoms with Crippen molar-refractivity contribution in [1.29, 1.82) is 0 Å². The van der Waals surface area contributed by atoms with Crippen molar-refractivity contribution in [2.75, 3.05) is 7.05 Å². The second-order valence-corrected chi connectivity index (χ2v) is 5.04. The Morgan fingerprint density at radius 2 is 2.06 bits per heavy atom. The third kappa shape index (κ3) is 3.72. The van der Waals surface area contributed by atoms with Gasteiger partial charge in [-0.3, -0.25) is 4.68 Å². The molecule has 0 aromatic carbocycles. The van der Waals surface area contributed by atoms with E-state index in [0.29, 0.717) is 6.04 Å². The Kier molecular flexibility index (Phi) is 6.72. The zero-order valence-corrected chi connectivity index (χ0v) is 12.8. The number of nitrogens with one attached hydrogen (secondary N) is 1. The summed E-state index contributed by atoms with van der Waals surface area (Å²) in [4.78, 5) is 0. The van der Waals surface area contributed by atoms with Crippen molar-refractivity contribution in [3.05, 3.63) is 16.4 Å². The standard InChI is InChI=1S/C14H26ClN3/c1-5-11(16-4)9-8-10-13-14(15)12(6-2)17-18(13)7-3/h11,16H,5-10H2,1-4H3. The number of halogens is 1. The third-order valence-electron chi connectivity index (χ3n) is 3.56. The summed E-state index contributed by atoms with van der Waals surface area (Å²) in [6.07, 6.45) is 5.47. The molecular formula is C14H26ClN3. The lowest BCUT2D eigenvalue weighted by Crippen LogP contribution is -2.24. The van der Waals surface area contributed by atoms with Crippen LogP contribution in [0.25, 0.3) is 0 Å². The molecule has 104 valence electrons. The Labute approximate surface area is 116 Å². The molecule has 1 aromatic rings. The number of hydrogen-bond acceptors (Lipinski definition) is 2. The van der Waals surface area contributed by atoms with Gasteiger partial charge in [0.2, 0.25) is 0 Å². The molecule has 0 fully saturated rings. The van der Waals surface area contributed by atoms with Gasteiger partial charge < -0.3 is 5.32 Å². The molecule has 1 aromatic heterocycles. The Bertz CT molecular complexity index is 356. The molecule has 0 bridgehead atoms. The number of aryl methyl sites for hydroxylation is 2. The molecule has 1 N–H and O–H groups in total. The monoisotopic (exact) mass is 271 g/mol. The fraction of sp³-hybridized carbons (Fsp3) is 0.786.